The van der Waals surface area contributed by atoms with Gasteiger partial charge in [-0.1, -0.05) is 13.3 Å². The van der Waals surface area contributed by atoms with Crippen LogP contribution in [0.25, 0.3) is 22.5 Å². The second-order valence-corrected chi connectivity index (χ2v) is 5.87. The predicted octanol–water partition coefficient (Wildman–Crippen LogP) is 3.30. The number of carbonyl (C=O) groups is 1. The summed E-state index contributed by atoms with van der Waals surface area (Å²) in [6, 6.07) is 4.95. The molecule has 0 aliphatic rings. The monoisotopic (exact) mass is 359 g/mol. The summed E-state index contributed by atoms with van der Waals surface area (Å²) in [7, 11) is 1.27. The minimum absolute atomic E-state index is 0.125. The number of aromatic nitrogens is 3. The van der Waals surface area contributed by atoms with Gasteiger partial charge < -0.3 is 13.7 Å². The van der Waals surface area contributed by atoms with E-state index in [9.17, 15) is 9.59 Å². The number of furan rings is 1. The minimum Gasteiger partial charge on any atom is -0.465 e. The molecule has 0 bridgehead atoms. The molecule has 0 saturated heterocycles. The summed E-state index contributed by atoms with van der Waals surface area (Å²) >= 11 is 5.29. The zero-order valence-electron chi connectivity index (χ0n) is 13.9. The summed E-state index contributed by atoms with van der Waals surface area (Å²) in [5.41, 5.74) is 0.437. The molecule has 0 aliphatic heterocycles. The van der Waals surface area contributed by atoms with Gasteiger partial charge in [0, 0.05) is 6.54 Å². The molecule has 0 radical (unpaired) electrons. The third kappa shape index (κ3) is 3.12. The molecule has 3 heterocycles. The van der Waals surface area contributed by atoms with E-state index in [4.69, 9.17) is 21.4 Å². The average molecular weight is 359 g/mol. The number of carbonyl (C=O) groups excluding carboxylic acids is 1. The first kappa shape index (κ1) is 17.1. The molecule has 8 heteroatoms. The van der Waals surface area contributed by atoms with Crippen molar-refractivity contribution >= 4 is 29.2 Å². The molecule has 0 fully saturated rings. The van der Waals surface area contributed by atoms with Crippen LogP contribution in [0.1, 0.15) is 30.1 Å². The van der Waals surface area contributed by atoms with E-state index in [-0.39, 0.29) is 15.7 Å². The standard InChI is InChI=1S/C17H17N3O4S/c1-3-4-7-20-14-13(15(21)19-17(20)25)10(16(22)23-2)9-11(18-14)12-6-5-8-24-12/h5-6,8-9H,3-4,7H2,1-2H3,(H,19,21,25). The highest BCUT2D eigenvalue weighted by atomic mass is 32.1. The number of aromatic amines is 1. The Morgan fingerprint density at radius 1 is 1.48 bits per heavy atom. The number of pyridine rings is 1. The van der Waals surface area contributed by atoms with Crippen molar-refractivity contribution in [2.75, 3.05) is 7.11 Å². The topological polar surface area (TPSA) is 90.1 Å². The second-order valence-electron chi connectivity index (χ2n) is 5.49. The number of nitrogens with zero attached hydrogens (tertiary/aromatic N) is 2. The van der Waals surface area contributed by atoms with E-state index >= 15 is 0 Å². The third-order valence-electron chi connectivity index (χ3n) is 3.86. The zero-order chi connectivity index (χ0) is 18.0. The quantitative estimate of drug-likeness (QED) is 0.555. The summed E-state index contributed by atoms with van der Waals surface area (Å²) in [4.78, 5) is 31.9. The van der Waals surface area contributed by atoms with Crippen LogP contribution in [0.15, 0.2) is 33.7 Å². The fraction of sp³-hybridized carbons (Fsp3) is 0.294. The van der Waals surface area contributed by atoms with Gasteiger partial charge in [-0.3, -0.25) is 9.78 Å². The highest BCUT2D eigenvalue weighted by molar-refractivity contribution is 7.71. The van der Waals surface area contributed by atoms with Crippen LogP contribution in [-0.4, -0.2) is 27.6 Å². The Morgan fingerprint density at radius 2 is 2.28 bits per heavy atom. The molecule has 0 saturated carbocycles. The average Bonchev–Trinajstić information content (AvgIpc) is 3.14. The molecule has 7 nitrogen and oxygen atoms in total. The van der Waals surface area contributed by atoms with Crippen LogP contribution in [0.5, 0.6) is 0 Å². The maximum Gasteiger partial charge on any atom is 0.338 e. The van der Waals surface area contributed by atoms with E-state index in [1.807, 2.05) is 0 Å². The van der Waals surface area contributed by atoms with Crippen molar-refractivity contribution in [3.8, 4) is 11.5 Å². The molecule has 3 rings (SSSR count). The first-order chi connectivity index (χ1) is 12.1. The normalized spacial score (nSPS) is 11.0. The number of fused-ring (bicyclic) bond motifs is 1. The molecule has 3 aromatic heterocycles. The van der Waals surface area contributed by atoms with Crippen LogP contribution in [0, 0.1) is 4.77 Å². The number of aryl methyl sites for hydroxylation is 1. The van der Waals surface area contributed by atoms with E-state index in [1.54, 1.807) is 16.7 Å². The van der Waals surface area contributed by atoms with Gasteiger partial charge in [0.25, 0.3) is 5.56 Å². The van der Waals surface area contributed by atoms with E-state index in [1.165, 1.54) is 19.4 Å². The van der Waals surface area contributed by atoms with Crippen molar-refractivity contribution in [1.29, 1.82) is 0 Å². The van der Waals surface area contributed by atoms with Crippen LogP contribution in [0.4, 0.5) is 0 Å². The minimum atomic E-state index is -0.620. The molecule has 130 valence electrons. The number of methoxy groups -OCH3 is 1. The molecule has 0 aliphatic carbocycles. The number of hydrogen-bond donors (Lipinski definition) is 1. The van der Waals surface area contributed by atoms with Gasteiger partial charge in [-0.25, -0.2) is 9.78 Å². The lowest BCUT2D eigenvalue weighted by Gasteiger charge is -2.13. The lowest BCUT2D eigenvalue weighted by Crippen LogP contribution is -2.19. The van der Waals surface area contributed by atoms with Crippen molar-refractivity contribution in [2.24, 2.45) is 0 Å². The van der Waals surface area contributed by atoms with E-state index in [0.717, 1.165) is 12.8 Å². The van der Waals surface area contributed by atoms with E-state index in [0.29, 0.717) is 23.6 Å². The Morgan fingerprint density at radius 3 is 2.92 bits per heavy atom. The van der Waals surface area contributed by atoms with Crippen LogP contribution < -0.4 is 5.56 Å². The number of hydrogen-bond acceptors (Lipinski definition) is 6. The van der Waals surface area contributed by atoms with Crippen molar-refractivity contribution in [3.05, 3.63) is 45.2 Å². The molecule has 25 heavy (non-hydrogen) atoms. The van der Waals surface area contributed by atoms with E-state index < -0.39 is 11.5 Å². The highest BCUT2D eigenvalue weighted by Crippen LogP contribution is 2.24. The van der Waals surface area contributed by atoms with Crippen LogP contribution >= 0.6 is 12.2 Å². The van der Waals surface area contributed by atoms with Crippen molar-refractivity contribution in [3.63, 3.8) is 0 Å². The zero-order valence-corrected chi connectivity index (χ0v) is 14.7. The van der Waals surface area contributed by atoms with Crippen LogP contribution in [0.3, 0.4) is 0 Å². The van der Waals surface area contributed by atoms with Crippen LogP contribution in [-0.2, 0) is 11.3 Å². The van der Waals surface area contributed by atoms with Crippen LogP contribution in [0.2, 0.25) is 0 Å². The number of rotatable bonds is 5. The largest absolute Gasteiger partial charge is 0.465 e. The maximum absolute atomic E-state index is 12.5. The van der Waals surface area contributed by atoms with Gasteiger partial charge in [0.1, 0.15) is 11.3 Å². The Balaban J connectivity index is 2.41. The van der Waals surface area contributed by atoms with Gasteiger partial charge in [0.05, 0.1) is 24.3 Å². The lowest BCUT2D eigenvalue weighted by atomic mass is 10.1. The Labute approximate surface area is 148 Å². The van der Waals surface area contributed by atoms with E-state index in [2.05, 4.69) is 16.9 Å². The summed E-state index contributed by atoms with van der Waals surface area (Å²) in [6.07, 6.45) is 3.32. The molecular formula is C17H17N3O4S. The first-order valence-corrected chi connectivity index (χ1v) is 8.27. The molecule has 0 aromatic carbocycles. The SMILES string of the molecule is CCCCn1c(=S)[nH]c(=O)c2c(C(=O)OC)cc(-c3ccco3)nc21. The summed E-state index contributed by atoms with van der Waals surface area (Å²) < 4.78 is 12.2. The molecule has 1 N–H and O–H groups in total. The maximum atomic E-state index is 12.5. The Kier molecular flexibility index (Phi) is 4.80. The highest BCUT2D eigenvalue weighted by Gasteiger charge is 2.20. The molecule has 0 atom stereocenters. The molecule has 0 unspecified atom stereocenters. The summed E-state index contributed by atoms with van der Waals surface area (Å²) in [5.74, 6) is -0.134. The fourth-order valence-electron chi connectivity index (χ4n) is 2.62. The van der Waals surface area contributed by atoms with Gasteiger partial charge in [-0.15, -0.1) is 0 Å². The number of ether oxygens (including phenoxy) is 1. The van der Waals surface area contributed by atoms with Gasteiger partial charge >= 0.3 is 5.97 Å². The van der Waals surface area contributed by atoms with Crippen molar-refractivity contribution in [2.45, 2.75) is 26.3 Å². The predicted molar refractivity (Wildman–Crippen MR) is 95.1 cm³/mol. The van der Waals surface area contributed by atoms with Gasteiger partial charge in [0.2, 0.25) is 0 Å². The van der Waals surface area contributed by atoms with Gasteiger partial charge in [-0.2, -0.15) is 0 Å². The number of unbranched alkanes of at least 4 members (excludes halogenated alkanes) is 1. The number of nitrogens with one attached hydrogen (secondary N) is 1. The van der Waals surface area contributed by atoms with Gasteiger partial charge in [0.15, 0.2) is 10.5 Å². The first-order valence-electron chi connectivity index (χ1n) is 7.87. The number of H-pyrrole nitrogens is 1. The van der Waals surface area contributed by atoms with Gasteiger partial charge in [-0.05, 0) is 36.8 Å². The lowest BCUT2D eigenvalue weighted by molar-refractivity contribution is 0.0603. The van der Waals surface area contributed by atoms with Crippen molar-refractivity contribution in [1.82, 2.24) is 14.5 Å². The molecular weight excluding hydrogens is 342 g/mol. The smallest absolute Gasteiger partial charge is 0.338 e. The van der Waals surface area contributed by atoms with Crippen molar-refractivity contribution < 1.29 is 13.9 Å². The number of esters is 1. The summed E-state index contributed by atoms with van der Waals surface area (Å²) in [5, 5.41) is 0.159. The summed E-state index contributed by atoms with van der Waals surface area (Å²) in [6.45, 7) is 2.64. The second kappa shape index (κ2) is 7.02. The Bertz CT molecular complexity index is 1030. The molecule has 3 aromatic rings. The Hall–Kier alpha value is -2.74. The molecule has 0 spiro atoms. The third-order valence-corrected chi connectivity index (χ3v) is 4.19. The molecule has 0 amide bonds. The fourth-order valence-corrected chi connectivity index (χ4v) is 2.89.